The maximum absolute atomic E-state index is 13.0. The van der Waals surface area contributed by atoms with Gasteiger partial charge < -0.3 is 21.3 Å². The molecule has 4 amide bonds. The lowest BCUT2D eigenvalue weighted by Crippen LogP contribution is -2.46. The van der Waals surface area contributed by atoms with Crippen molar-refractivity contribution in [2.24, 2.45) is 11.7 Å². The minimum Gasteiger partial charge on any atom is -0.365 e. The van der Waals surface area contributed by atoms with E-state index in [2.05, 4.69) is 15.6 Å². The van der Waals surface area contributed by atoms with Gasteiger partial charge in [-0.3, -0.25) is 19.2 Å². The molecule has 0 spiro atoms. The third-order valence-electron chi connectivity index (χ3n) is 5.19. The summed E-state index contributed by atoms with van der Waals surface area (Å²) >= 11 is 0. The van der Waals surface area contributed by atoms with Gasteiger partial charge in [0.05, 0.1) is 11.6 Å². The Morgan fingerprint density at radius 3 is 2.42 bits per heavy atom. The third-order valence-corrected chi connectivity index (χ3v) is 5.19. The molecule has 1 saturated heterocycles. The first-order chi connectivity index (χ1) is 14.8. The predicted molar refractivity (Wildman–Crippen MR) is 115 cm³/mol. The number of nitrogens with two attached hydrogens (primary N) is 1. The van der Waals surface area contributed by atoms with Crippen molar-refractivity contribution in [1.82, 2.24) is 9.88 Å². The Morgan fingerprint density at radius 1 is 1.06 bits per heavy atom. The van der Waals surface area contributed by atoms with Gasteiger partial charge in [0.1, 0.15) is 5.82 Å². The molecule has 1 aromatic heterocycles. The molecule has 0 bridgehead atoms. The number of anilines is 2. The quantitative estimate of drug-likeness (QED) is 0.647. The number of piperidine rings is 1. The van der Waals surface area contributed by atoms with E-state index in [1.807, 2.05) is 19.1 Å². The molecule has 31 heavy (non-hydrogen) atoms. The van der Waals surface area contributed by atoms with Crippen LogP contribution >= 0.6 is 0 Å². The summed E-state index contributed by atoms with van der Waals surface area (Å²) in [6.45, 7) is 3.88. The van der Waals surface area contributed by atoms with Crippen molar-refractivity contribution in [1.29, 1.82) is 0 Å². The number of likely N-dealkylation sites (tertiary alicyclic amines) is 1. The van der Waals surface area contributed by atoms with Crippen LogP contribution in [-0.2, 0) is 14.4 Å². The summed E-state index contributed by atoms with van der Waals surface area (Å²) in [6, 6.07) is 9.89. The van der Waals surface area contributed by atoms with E-state index in [1.165, 1.54) is 25.3 Å². The van der Waals surface area contributed by atoms with Crippen LogP contribution in [0.4, 0.5) is 11.5 Å². The molecule has 2 heterocycles. The Kier molecular flexibility index (Phi) is 6.64. The summed E-state index contributed by atoms with van der Waals surface area (Å²) in [7, 11) is 0. The maximum atomic E-state index is 13.0. The first-order valence-electron chi connectivity index (χ1n) is 10.0. The van der Waals surface area contributed by atoms with Crippen molar-refractivity contribution in [2.75, 3.05) is 17.2 Å². The molecule has 0 radical (unpaired) electrons. The molecular formula is C22H25N5O4. The Morgan fingerprint density at radius 2 is 1.77 bits per heavy atom. The van der Waals surface area contributed by atoms with Gasteiger partial charge in [0, 0.05) is 25.4 Å². The molecule has 3 rings (SSSR count). The first kappa shape index (κ1) is 21.9. The highest BCUT2D eigenvalue weighted by Gasteiger charge is 2.34. The van der Waals surface area contributed by atoms with E-state index in [9.17, 15) is 19.2 Å². The minimum atomic E-state index is -0.879. The second-order valence-electron chi connectivity index (χ2n) is 7.68. The van der Waals surface area contributed by atoms with Crippen molar-refractivity contribution < 1.29 is 19.2 Å². The number of nitrogens with one attached hydrogen (secondary N) is 2. The zero-order chi connectivity index (χ0) is 22.5. The van der Waals surface area contributed by atoms with Crippen LogP contribution in [0.3, 0.4) is 0 Å². The van der Waals surface area contributed by atoms with Crippen molar-refractivity contribution in [3.8, 4) is 0 Å². The Labute approximate surface area is 180 Å². The number of carbonyl (C=O) groups is 4. The molecule has 1 fully saturated rings. The number of amides is 4. The van der Waals surface area contributed by atoms with E-state index in [0.717, 1.165) is 12.0 Å². The van der Waals surface area contributed by atoms with Crippen molar-refractivity contribution in [3.63, 3.8) is 0 Å². The Balaban J connectivity index is 1.80. The normalized spacial score (nSPS) is 18.2. The largest absolute Gasteiger partial charge is 0.365 e. The number of carbonyl (C=O) groups excluding carboxylic acids is 4. The number of pyridine rings is 1. The number of aromatic nitrogens is 1. The summed E-state index contributed by atoms with van der Waals surface area (Å²) in [4.78, 5) is 54.0. The van der Waals surface area contributed by atoms with E-state index in [-0.39, 0.29) is 29.2 Å². The third kappa shape index (κ3) is 5.25. The average molecular weight is 423 g/mol. The van der Waals surface area contributed by atoms with Gasteiger partial charge in [0.15, 0.2) is 0 Å². The lowest BCUT2D eigenvalue weighted by atomic mass is 9.89. The van der Waals surface area contributed by atoms with Gasteiger partial charge in [-0.25, -0.2) is 4.98 Å². The standard InChI is InChI=1S/C22H25N5O4/c1-13-5-10-18(15-6-8-16(9-7-15)25-14(2)28)27(12-13)22(31)21(30)26-20-17(19(23)29)4-3-11-24-20/h3-4,6-9,11,13,18H,5,10,12H2,1-2H3,(H2,23,29)(H,25,28)(H,24,26,30)/t13-,18+/m1/s1. The fourth-order valence-electron chi connectivity index (χ4n) is 3.71. The summed E-state index contributed by atoms with van der Waals surface area (Å²) in [6.07, 6.45) is 3.01. The number of hydrogen-bond donors (Lipinski definition) is 3. The zero-order valence-electron chi connectivity index (χ0n) is 17.4. The number of hydrogen-bond acceptors (Lipinski definition) is 5. The summed E-state index contributed by atoms with van der Waals surface area (Å²) in [5, 5.41) is 5.12. The highest BCUT2D eigenvalue weighted by atomic mass is 16.2. The lowest BCUT2D eigenvalue weighted by Gasteiger charge is -2.38. The molecule has 4 N–H and O–H groups in total. The van der Waals surface area contributed by atoms with Crippen LogP contribution in [0, 0.1) is 5.92 Å². The molecule has 0 saturated carbocycles. The van der Waals surface area contributed by atoms with Crippen LogP contribution in [-0.4, -0.2) is 40.1 Å². The van der Waals surface area contributed by atoms with Crippen molar-refractivity contribution in [3.05, 3.63) is 53.7 Å². The fourth-order valence-corrected chi connectivity index (χ4v) is 3.71. The van der Waals surface area contributed by atoms with E-state index in [4.69, 9.17) is 5.73 Å². The number of rotatable bonds is 4. The van der Waals surface area contributed by atoms with E-state index >= 15 is 0 Å². The molecule has 1 aliphatic rings. The number of nitrogens with zero attached hydrogens (tertiary/aromatic N) is 2. The first-order valence-corrected chi connectivity index (χ1v) is 10.0. The van der Waals surface area contributed by atoms with Crippen LogP contribution in [0.1, 0.15) is 48.7 Å². The molecule has 0 unspecified atom stereocenters. The number of benzene rings is 1. The van der Waals surface area contributed by atoms with Gasteiger partial charge in [-0.15, -0.1) is 0 Å². The van der Waals surface area contributed by atoms with Crippen LogP contribution in [0.2, 0.25) is 0 Å². The Bertz CT molecular complexity index is 1010. The molecule has 9 nitrogen and oxygen atoms in total. The highest BCUT2D eigenvalue weighted by molar-refractivity contribution is 6.39. The van der Waals surface area contributed by atoms with Gasteiger partial charge >= 0.3 is 11.8 Å². The van der Waals surface area contributed by atoms with Crippen LogP contribution < -0.4 is 16.4 Å². The monoisotopic (exact) mass is 423 g/mol. The fraction of sp³-hybridized carbons (Fsp3) is 0.318. The summed E-state index contributed by atoms with van der Waals surface area (Å²) in [5.74, 6) is -2.31. The van der Waals surface area contributed by atoms with E-state index in [1.54, 1.807) is 17.0 Å². The Hall–Kier alpha value is -3.75. The van der Waals surface area contributed by atoms with Gasteiger partial charge in [0.25, 0.3) is 5.91 Å². The van der Waals surface area contributed by atoms with Gasteiger partial charge in [-0.1, -0.05) is 19.1 Å². The van der Waals surface area contributed by atoms with E-state index in [0.29, 0.717) is 18.7 Å². The van der Waals surface area contributed by atoms with Gasteiger partial charge in [-0.05, 0) is 48.6 Å². The molecule has 1 aliphatic heterocycles. The zero-order valence-corrected chi connectivity index (χ0v) is 17.4. The molecular weight excluding hydrogens is 398 g/mol. The molecule has 2 aromatic rings. The second-order valence-corrected chi connectivity index (χ2v) is 7.68. The van der Waals surface area contributed by atoms with Crippen LogP contribution in [0.25, 0.3) is 0 Å². The van der Waals surface area contributed by atoms with Crippen LogP contribution in [0.5, 0.6) is 0 Å². The van der Waals surface area contributed by atoms with E-state index < -0.39 is 17.7 Å². The summed E-state index contributed by atoms with van der Waals surface area (Å²) in [5.41, 5.74) is 6.88. The van der Waals surface area contributed by atoms with Crippen molar-refractivity contribution >= 4 is 35.1 Å². The SMILES string of the molecule is CC(=O)Nc1ccc([C@@H]2CC[C@@H](C)CN2C(=O)C(=O)Nc2ncccc2C(N)=O)cc1. The van der Waals surface area contributed by atoms with Crippen LogP contribution in [0.15, 0.2) is 42.6 Å². The van der Waals surface area contributed by atoms with Gasteiger partial charge in [0.2, 0.25) is 5.91 Å². The molecule has 1 aromatic carbocycles. The second kappa shape index (κ2) is 9.38. The number of primary amides is 1. The molecule has 9 heteroatoms. The minimum absolute atomic E-state index is 0.0285. The average Bonchev–Trinajstić information content (AvgIpc) is 2.73. The molecule has 162 valence electrons. The molecule has 2 atom stereocenters. The van der Waals surface area contributed by atoms with Gasteiger partial charge in [-0.2, -0.15) is 0 Å². The highest BCUT2D eigenvalue weighted by Crippen LogP contribution is 2.34. The van der Waals surface area contributed by atoms with Crippen molar-refractivity contribution in [2.45, 2.75) is 32.7 Å². The lowest BCUT2D eigenvalue weighted by molar-refractivity contribution is -0.146. The topological polar surface area (TPSA) is 134 Å². The maximum Gasteiger partial charge on any atom is 0.315 e. The smallest absolute Gasteiger partial charge is 0.315 e. The predicted octanol–water partition coefficient (Wildman–Crippen LogP) is 2.08. The molecule has 0 aliphatic carbocycles. The summed E-state index contributed by atoms with van der Waals surface area (Å²) < 4.78 is 0.